The van der Waals surface area contributed by atoms with E-state index < -0.39 is 11.9 Å². The number of aryl methyl sites for hydroxylation is 1. The Labute approximate surface area is 118 Å². The van der Waals surface area contributed by atoms with E-state index in [1.54, 1.807) is 4.90 Å². The van der Waals surface area contributed by atoms with Gasteiger partial charge in [-0.2, -0.15) is 0 Å². The van der Waals surface area contributed by atoms with Gasteiger partial charge in [0.05, 0.1) is 5.92 Å². The van der Waals surface area contributed by atoms with E-state index in [1.807, 2.05) is 31.2 Å². The highest BCUT2D eigenvalue weighted by Crippen LogP contribution is 2.16. The van der Waals surface area contributed by atoms with E-state index in [4.69, 9.17) is 5.11 Å². The predicted octanol–water partition coefficient (Wildman–Crippen LogP) is 2.00. The molecular weight excluding hydrogens is 256 g/mol. The molecule has 5 nitrogen and oxygen atoms in total. The molecule has 1 aromatic carbocycles. The van der Waals surface area contributed by atoms with Crippen LogP contribution in [-0.2, 0) is 11.3 Å². The number of rotatable bonds is 3. The Morgan fingerprint density at radius 2 is 2.15 bits per heavy atom. The van der Waals surface area contributed by atoms with Crippen LogP contribution in [0.3, 0.4) is 0 Å². The Bertz CT molecular complexity index is 502. The van der Waals surface area contributed by atoms with Gasteiger partial charge in [0.15, 0.2) is 0 Å². The molecule has 1 heterocycles. The van der Waals surface area contributed by atoms with E-state index in [1.165, 1.54) is 0 Å². The van der Waals surface area contributed by atoms with Gasteiger partial charge in [-0.1, -0.05) is 24.3 Å². The second kappa shape index (κ2) is 6.41. The Hall–Kier alpha value is -2.04. The molecule has 0 bridgehead atoms. The number of aliphatic carboxylic acids is 1. The summed E-state index contributed by atoms with van der Waals surface area (Å²) >= 11 is 0. The fraction of sp³-hybridized carbons (Fsp3) is 0.467. The maximum atomic E-state index is 12.1. The van der Waals surface area contributed by atoms with Crippen molar-refractivity contribution in [1.29, 1.82) is 0 Å². The van der Waals surface area contributed by atoms with Crippen molar-refractivity contribution in [3.05, 3.63) is 35.4 Å². The third-order valence-electron chi connectivity index (χ3n) is 3.75. The minimum Gasteiger partial charge on any atom is -0.481 e. The van der Waals surface area contributed by atoms with Crippen LogP contribution in [0.5, 0.6) is 0 Å². The fourth-order valence-corrected chi connectivity index (χ4v) is 2.45. The van der Waals surface area contributed by atoms with Crippen LogP contribution in [0.25, 0.3) is 0 Å². The summed E-state index contributed by atoms with van der Waals surface area (Å²) < 4.78 is 0. The van der Waals surface area contributed by atoms with E-state index in [-0.39, 0.29) is 6.03 Å². The first-order valence-corrected chi connectivity index (χ1v) is 6.88. The number of nitrogens with one attached hydrogen (secondary N) is 1. The number of benzene rings is 1. The summed E-state index contributed by atoms with van der Waals surface area (Å²) in [5, 5.41) is 11.9. The summed E-state index contributed by atoms with van der Waals surface area (Å²) in [6.45, 7) is 3.40. The molecule has 0 aliphatic carbocycles. The number of hydrogen-bond acceptors (Lipinski definition) is 2. The van der Waals surface area contributed by atoms with Crippen LogP contribution in [0.1, 0.15) is 24.0 Å². The smallest absolute Gasteiger partial charge is 0.317 e. The lowest BCUT2D eigenvalue weighted by Gasteiger charge is -2.30. The Kier molecular flexibility index (Phi) is 4.61. The summed E-state index contributed by atoms with van der Waals surface area (Å²) in [6.07, 6.45) is 1.39. The first kappa shape index (κ1) is 14.4. The predicted molar refractivity (Wildman–Crippen MR) is 75.3 cm³/mol. The van der Waals surface area contributed by atoms with Crippen molar-refractivity contribution in [3.63, 3.8) is 0 Å². The third-order valence-corrected chi connectivity index (χ3v) is 3.75. The zero-order valence-corrected chi connectivity index (χ0v) is 11.6. The Morgan fingerprint density at radius 3 is 2.85 bits per heavy atom. The topological polar surface area (TPSA) is 69.6 Å². The van der Waals surface area contributed by atoms with Crippen LogP contribution in [0.2, 0.25) is 0 Å². The first-order chi connectivity index (χ1) is 9.58. The van der Waals surface area contributed by atoms with Gasteiger partial charge in [-0.15, -0.1) is 0 Å². The highest BCUT2D eigenvalue weighted by molar-refractivity contribution is 5.76. The summed E-state index contributed by atoms with van der Waals surface area (Å²) in [5.74, 6) is -1.26. The summed E-state index contributed by atoms with van der Waals surface area (Å²) in [6, 6.07) is 7.70. The molecule has 1 fully saturated rings. The molecule has 108 valence electrons. The number of urea groups is 1. The molecule has 0 aromatic heterocycles. The van der Waals surface area contributed by atoms with Crippen molar-refractivity contribution in [1.82, 2.24) is 10.2 Å². The molecule has 1 saturated heterocycles. The number of carbonyl (C=O) groups is 2. The van der Waals surface area contributed by atoms with Crippen LogP contribution in [0.4, 0.5) is 4.79 Å². The molecule has 5 heteroatoms. The minimum absolute atomic E-state index is 0.181. The van der Waals surface area contributed by atoms with Gasteiger partial charge in [-0.3, -0.25) is 4.79 Å². The van der Waals surface area contributed by atoms with Crippen LogP contribution >= 0.6 is 0 Å². The number of amides is 2. The number of hydrogen-bond donors (Lipinski definition) is 2. The monoisotopic (exact) mass is 276 g/mol. The normalized spacial score (nSPS) is 18.6. The van der Waals surface area contributed by atoms with Crippen molar-refractivity contribution in [3.8, 4) is 0 Å². The van der Waals surface area contributed by atoms with Gasteiger partial charge in [0.25, 0.3) is 0 Å². The second-order valence-electron chi connectivity index (χ2n) is 5.21. The number of piperidine rings is 1. The fourth-order valence-electron chi connectivity index (χ4n) is 2.45. The molecule has 1 aliphatic rings. The number of nitrogens with zero attached hydrogens (tertiary/aromatic N) is 1. The molecule has 0 radical (unpaired) electrons. The van der Waals surface area contributed by atoms with Crippen molar-refractivity contribution in [2.75, 3.05) is 13.1 Å². The van der Waals surface area contributed by atoms with Crippen LogP contribution < -0.4 is 5.32 Å². The van der Waals surface area contributed by atoms with Gasteiger partial charge in [0, 0.05) is 19.6 Å². The molecule has 1 atom stereocenters. The van der Waals surface area contributed by atoms with Crippen LogP contribution in [0, 0.1) is 12.8 Å². The molecule has 20 heavy (non-hydrogen) atoms. The highest BCUT2D eigenvalue weighted by atomic mass is 16.4. The van der Waals surface area contributed by atoms with Gasteiger partial charge in [-0.05, 0) is 30.9 Å². The van der Waals surface area contributed by atoms with Gasteiger partial charge < -0.3 is 15.3 Å². The molecule has 2 N–H and O–H groups in total. The van der Waals surface area contributed by atoms with Crippen LogP contribution in [-0.4, -0.2) is 35.1 Å². The van der Waals surface area contributed by atoms with E-state index in [2.05, 4.69) is 5.32 Å². The SMILES string of the molecule is Cc1ccccc1CNC(=O)N1CCCC(C(=O)O)C1. The summed E-state index contributed by atoms with van der Waals surface area (Å²) in [5.41, 5.74) is 2.21. The molecule has 0 saturated carbocycles. The highest BCUT2D eigenvalue weighted by Gasteiger charge is 2.27. The van der Waals surface area contributed by atoms with Crippen molar-refractivity contribution in [2.45, 2.75) is 26.3 Å². The summed E-state index contributed by atoms with van der Waals surface area (Å²) in [7, 11) is 0. The number of carbonyl (C=O) groups excluding carboxylic acids is 1. The van der Waals surface area contributed by atoms with E-state index in [0.29, 0.717) is 26.1 Å². The quantitative estimate of drug-likeness (QED) is 0.887. The number of carboxylic acid groups (broad SMARTS) is 1. The zero-order chi connectivity index (χ0) is 14.5. The van der Waals surface area contributed by atoms with Gasteiger partial charge >= 0.3 is 12.0 Å². The minimum atomic E-state index is -0.818. The maximum absolute atomic E-state index is 12.1. The van der Waals surface area contributed by atoms with Gasteiger partial charge in [0.2, 0.25) is 0 Å². The van der Waals surface area contributed by atoms with Crippen LogP contribution in [0.15, 0.2) is 24.3 Å². The lowest BCUT2D eigenvalue weighted by molar-refractivity contribution is -0.143. The molecule has 1 aliphatic heterocycles. The van der Waals surface area contributed by atoms with Crippen molar-refractivity contribution in [2.24, 2.45) is 5.92 Å². The lowest BCUT2D eigenvalue weighted by atomic mass is 9.99. The van der Waals surface area contributed by atoms with Gasteiger partial charge in [-0.25, -0.2) is 4.79 Å². The van der Waals surface area contributed by atoms with E-state index >= 15 is 0 Å². The zero-order valence-electron chi connectivity index (χ0n) is 11.6. The Morgan fingerprint density at radius 1 is 1.40 bits per heavy atom. The summed E-state index contributed by atoms with van der Waals surface area (Å²) in [4.78, 5) is 24.7. The Balaban J connectivity index is 1.89. The lowest BCUT2D eigenvalue weighted by Crippen LogP contribution is -2.46. The molecule has 2 amide bonds. The molecule has 0 spiro atoms. The molecular formula is C15H20N2O3. The van der Waals surface area contributed by atoms with Crippen molar-refractivity contribution >= 4 is 12.0 Å². The largest absolute Gasteiger partial charge is 0.481 e. The first-order valence-electron chi connectivity index (χ1n) is 6.88. The van der Waals surface area contributed by atoms with E-state index in [9.17, 15) is 9.59 Å². The molecule has 2 rings (SSSR count). The maximum Gasteiger partial charge on any atom is 0.317 e. The number of carboxylic acids is 1. The molecule has 1 unspecified atom stereocenters. The van der Waals surface area contributed by atoms with Gasteiger partial charge in [0.1, 0.15) is 0 Å². The number of likely N-dealkylation sites (tertiary alicyclic amines) is 1. The standard InChI is InChI=1S/C15H20N2O3/c1-11-5-2-3-6-12(11)9-16-15(20)17-8-4-7-13(10-17)14(18)19/h2-3,5-6,13H,4,7-10H2,1H3,(H,16,20)(H,18,19). The average Bonchev–Trinajstić information content (AvgIpc) is 2.46. The van der Waals surface area contributed by atoms with E-state index in [0.717, 1.165) is 17.5 Å². The second-order valence-corrected chi connectivity index (χ2v) is 5.21. The average molecular weight is 276 g/mol. The third kappa shape index (κ3) is 3.50. The van der Waals surface area contributed by atoms with Crippen molar-refractivity contribution < 1.29 is 14.7 Å². The molecule has 1 aromatic rings.